The lowest BCUT2D eigenvalue weighted by molar-refractivity contribution is 0.202. The van der Waals surface area contributed by atoms with Gasteiger partial charge in [0.25, 0.3) is 5.56 Å². The van der Waals surface area contributed by atoms with E-state index in [4.69, 9.17) is 4.74 Å². The second-order valence-corrected chi connectivity index (χ2v) is 4.82. The number of rotatable bonds is 7. The summed E-state index contributed by atoms with van der Waals surface area (Å²) in [6, 6.07) is 0.353. The van der Waals surface area contributed by atoms with Crippen molar-refractivity contribution >= 4 is 21.7 Å². The SMILES string of the molecule is CCC(CC)N(CCOC)c1nc[nH]c(=O)c1Br. The maximum Gasteiger partial charge on any atom is 0.267 e. The maximum atomic E-state index is 11.6. The van der Waals surface area contributed by atoms with E-state index < -0.39 is 0 Å². The highest BCUT2D eigenvalue weighted by atomic mass is 79.9. The number of H-pyrrole nitrogens is 1. The van der Waals surface area contributed by atoms with Crippen LogP contribution in [0.1, 0.15) is 26.7 Å². The second kappa shape index (κ2) is 7.53. The van der Waals surface area contributed by atoms with Gasteiger partial charge in [-0.2, -0.15) is 0 Å². The molecule has 102 valence electrons. The highest BCUT2D eigenvalue weighted by Gasteiger charge is 2.20. The van der Waals surface area contributed by atoms with Crippen LogP contribution in [0, 0.1) is 0 Å². The van der Waals surface area contributed by atoms with Crippen molar-refractivity contribution in [3.63, 3.8) is 0 Å². The summed E-state index contributed by atoms with van der Waals surface area (Å²) in [4.78, 5) is 20.6. The van der Waals surface area contributed by atoms with Crippen molar-refractivity contribution < 1.29 is 4.74 Å². The van der Waals surface area contributed by atoms with Crippen molar-refractivity contribution in [2.75, 3.05) is 25.2 Å². The predicted octanol–water partition coefficient (Wildman–Crippen LogP) is 2.17. The van der Waals surface area contributed by atoms with Crippen LogP contribution in [0.2, 0.25) is 0 Å². The van der Waals surface area contributed by atoms with E-state index >= 15 is 0 Å². The number of nitrogens with zero attached hydrogens (tertiary/aromatic N) is 2. The van der Waals surface area contributed by atoms with Gasteiger partial charge in [0.1, 0.15) is 4.47 Å². The van der Waals surface area contributed by atoms with Gasteiger partial charge in [-0.25, -0.2) is 4.98 Å². The zero-order valence-corrected chi connectivity index (χ0v) is 12.7. The molecule has 0 aliphatic carbocycles. The number of aromatic nitrogens is 2. The van der Waals surface area contributed by atoms with Crippen LogP contribution in [-0.4, -0.2) is 36.3 Å². The highest BCUT2D eigenvalue weighted by molar-refractivity contribution is 9.10. The van der Waals surface area contributed by atoms with E-state index in [1.807, 2.05) is 0 Å². The number of hydrogen-bond acceptors (Lipinski definition) is 4. The van der Waals surface area contributed by atoms with Gasteiger partial charge in [0.2, 0.25) is 0 Å². The van der Waals surface area contributed by atoms with Gasteiger partial charge in [0.05, 0.1) is 12.9 Å². The molecule has 0 atom stereocenters. The van der Waals surface area contributed by atoms with Gasteiger partial charge in [0, 0.05) is 19.7 Å². The third kappa shape index (κ3) is 3.55. The Morgan fingerprint density at radius 2 is 2.17 bits per heavy atom. The summed E-state index contributed by atoms with van der Waals surface area (Å²) in [5.74, 6) is 0.685. The molecule has 0 amide bonds. The van der Waals surface area contributed by atoms with Crippen LogP contribution in [-0.2, 0) is 4.74 Å². The van der Waals surface area contributed by atoms with Crippen molar-refractivity contribution in [3.05, 3.63) is 21.2 Å². The van der Waals surface area contributed by atoms with Crippen LogP contribution >= 0.6 is 15.9 Å². The summed E-state index contributed by atoms with van der Waals surface area (Å²) in [5, 5.41) is 0. The van der Waals surface area contributed by atoms with Gasteiger partial charge in [-0.05, 0) is 28.8 Å². The maximum absolute atomic E-state index is 11.6. The minimum absolute atomic E-state index is 0.159. The fraction of sp³-hybridized carbons (Fsp3) is 0.667. The molecular weight excluding hydrogens is 298 g/mol. The van der Waals surface area contributed by atoms with E-state index in [9.17, 15) is 4.79 Å². The van der Waals surface area contributed by atoms with Crippen LogP contribution in [0.3, 0.4) is 0 Å². The van der Waals surface area contributed by atoms with E-state index in [1.54, 1.807) is 7.11 Å². The van der Waals surface area contributed by atoms with E-state index in [0.717, 1.165) is 19.4 Å². The minimum atomic E-state index is -0.159. The number of anilines is 1. The smallest absolute Gasteiger partial charge is 0.267 e. The van der Waals surface area contributed by atoms with Crippen molar-refractivity contribution in [1.82, 2.24) is 9.97 Å². The molecule has 1 aromatic heterocycles. The summed E-state index contributed by atoms with van der Waals surface area (Å²) in [7, 11) is 1.67. The first kappa shape index (κ1) is 15.2. The van der Waals surface area contributed by atoms with E-state index in [-0.39, 0.29) is 5.56 Å². The van der Waals surface area contributed by atoms with Gasteiger partial charge in [0.15, 0.2) is 5.82 Å². The third-order valence-electron chi connectivity index (χ3n) is 2.97. The first-order chi connectivity index (χ1) is 8.65. The number of nitrogens with one attached hydrogen (secondary N) is 1. The molecule has 18 heavy (non-hydrogen) atoms. The van der Waals surface area contributed by atoms with Gasteiger partial charge in [-0.15, -0.1) is 0 Å². The minimum Gasteiger partial charge on any atom is -0.383 e. The lowest BCUT2D eigenvalue weighted by atomic mass is 10.1. The largest absolute Gasteiger partial charge is 0.383 e. The van der Waals surface area contributed by atoms with Crippen LogP contribution < -0.4 is 10.5 Å². The summed E-state index contributed by atoms with van der Waals surface area (Å²) in [5.41, 5.74) is -0.159. The molecule has 0 saturated carbocycles. The molecule has 5 nitrogen and oxygen atoms in total. The summed E-state index contributed by atoms with van der Waals surface area (Å²) in [6.45, 7) is 5.60. The Balaban J connectivity index is 3.08. The lowest BCUT2D eigenvalue weighted by Crippen LogP contribution is -2.38. The van der Waals surface area contributed by atoms with Crippen molar-refractivity contribution in [2.24, 2.45) is 0 Å². The molecule has 1 aromatic rings. The molecule has 1 N–H and O–H groups in total. The molecule has 0 aliphatic rings. The highest BCUT2D eigenvalue weighted by Crippen LogP contribution is 2.23. The van der Waals surface area contributed by atoms with Gasteiger partial charge >= 0.3 is 0 Å². The number of hydrogen-bond donors (Lipinski definition) is 1. The molecule has 0 aliphatic heterocycles. The topological polar surface area (TPSA) is 58.2 Å². The van der Waals surface area contributed by atoms with Crippen LogP contribution in [0.25, 0.3) is 0 Å². The van der Waals surface area contributed by atoms with Crippen LogP contribution in [0.15, 0.2) is 15.6 Å². The van der Waals surface area contributed by atoms with Crippen LogP contribution in [0.4, 0.5) is 5.82 Å². The molecule has 0 radical (unpaired) electrons. The molecular formula is C12H20BrN3O2. The molecule has 0 fully saturated rings. The Labute approximate surface area is 116 Å². The second-order valence-electron chi connectivity index (χ2n) is 4.03. The molecule has 0 saturated heterocycles. The molecule has 0 bridgehead atoms. The Kier molecular flexibility index (Phi) is 6.35. The van der Waals surface area contributed by atoms with Crippen molar-refractivity contribution in [3.8, 4) is 0 Å². The first-order valence-corrected chi connectivity index (χ1v) is 6.93. The standard InChI is InChI=1S/C12H20BrN3O2/c1-4-9(5-2)16(6-7-18-3)11-10(13)12(17)15-8-14-11/h8-9H,4-7H2,1-3H3,(H,14,15,17). The summed E-state index contributed by atoms with van der Waals surface area (Å²) < 4.78 is 5.61. The van der Waals surface area contributed by atoms with E-state index in [2.05, 4.69) is 44.6 Å². The fourth-order valence-electron chi connectivity index (χ4n) is 1.95. The number of halogens is 1. The van der Waals surface area contributed by atoms with Crippen molar-refractivity contribution in [1.29, 1.82) is 0 Å². The quantitative estimate of drug-likeness (QED) is 0.837. The average molecular weight is 318 g/mol. The number of methoxy groups -OCH3 is 1. The normalized spacial score (nSPS) is 10.9. The van der Waals surface area contributed by atoms with E-state index in [0.29, 0.717) is 22.9 Å². The molecule has 6 heteroatoms. The van der Waals surface area contributed by atoms with Gasteiger partial charge < -0.3 is 14.6 Å². The van der Waals surface area contributed by atoms with E-state index in [1.165, 1.54) is 6.33 Å². The zero-order chi connectivity index (χ0) is 13.5. The first-order valence-electron chi connectivity index (χ1n) is 6.14. The lowest BCUT2D eigenvalue weighted by Gasteiger charge is -2.31. The average Bonchev–Trinajstić information content (AvgIpc) is 2.38. The molecule has 0 aromatic carbocycles. The third-order valence-corrected chi connectivity index (χ3v) is 3.68. The summed E-state index contributed by atoms with van der Waals surface area (Å²) in [6.07, 6.45) is 3.44. The van der Waals surface area contributed by atoms with Crippen LogP contribution in [0.5, 0.6) is 0 Å². The molecule has 0 spiro atoms. The molecule has 0 unspecified atom stereocenters. The van der Waals surface area contributed by atoms with Crippen molar-refractivity contribution in [2.45, 2.75) is 32.7 Å². The predicted molar refractivity (Wildman–Crippen MR) is 76.1 cm³/mol. The Bertz CT molecular complexity index is 418. The molecule has 1 rings (SSSR count). The number of aromatic amines is 1. The monoisotopic (exact) mass is 317 g/mol. The Hall–Kier alpha value is -0.880. The van der Waals surface area contributed by atoms with Gasteiger partial charge in [-0.3, -0.25) is 4.79 Å². The number of ether oxygens (including phenoxy) is 1. The Morgan fingerprint density at radius 1 is 1.50 bits per heavy atom. The van der Waals surface area contributed by atoms with Gasteiger partial charge in [-0.1, -0.05) is 13.8 Å². The summed E-state index contributed by atoms with van der Waals surface area (Å²) >= 11 is 3.31. The zero-order valence-electron chi connectivity index (χ0n) is 11.1. The Morgan fingerprint density at radius 3 is 2.72 bits per heavy atom. The molecule has 1 heterocycles. The fourth-order valence-corrected chi connectivity index (χ4v) is 2.40.